The molecule has 0 bridgehead atoms. The van der Waals surface area contributed by atoms with Crippen molar-refractivity contribution in [3.05, 3.63) is 51.4 Å². The Kier molecular flexibility index (Phi) is 6.41. The van der Waals surface area contributed by atoms with Crippen LogP contribution in [0.25, 0.3) is 0 Å². The zero-order valence-corrected chi connectivity index (χ0v) is 18.5. The summed E-state index contributed by atoms with van der Waals surface area (Å²) >= 11 is 1.46. The number of carboxylic acids is 1. The highest BCUT2D eigenvalue weighted by Gasteiger charge is 2.37. The van der Waals surface area contributed by atoms with Crippen LogP contribution in [0, 0.1) is 18.8 Å². The molecule has 31 heavy (non-hydrogen) atoms. The molecule has 0 spiro atoms. The largest absolute Gasteiger partial charge is 0.481 e. The Labute approximate surface area is 186 Å². The molecule has 2 atom stereocenters. The van der Waals surface area contributed by atoms with Crippen LogP contribution in [-0.4, -0.2) is 22.9 Å². The molecule has 2 aliphatic carbocycles. The predicted octanol–water partition coefficient (Wildman–Crippen LogP) is 4.30. The van der Waals surface area contributed by atoms with Crippen molar-refractivity contribution in [2.45, 2.75) is 58.4 Å². The van der Waals surface area contributed by atoms with E-state index in [1.54, 1.807) is 0 Å². The van der Waals surface area contributed by atoms with Gasteiger partial charge in [0.15, 0.2) is 0 Å². The van der Waals surface area contributed by atoms with Crippen LogP contribution < -0.4 is 10.6 Å². The first-order valence-electron chi connectivity index (χ1n) is 11.0. The minimum Gasteiger partial charge on any atom is -0.481 e. The van der Waals surface area contributed by atoms with Crippen molar-refractivity contribution in [3.63, 3.8) is 0 Å². The monoisotopic (exact) mass is 440 g/mol. The highest BCUT2D eigenvalue weighted by molar-refractivity contribution is 7.17. The normalized spacial score (nSPS) is 20.2. The van der Waals surface area contributed by atoms with Gasteiger partial charge < -0.3 is 15.7 Å². The molecule has 0 saturated heterocycles. The topological polar surface area (TPSA) is 95.5 Å². The summed E-state index contributed by atoms with van der Waals surface area (Å²) < 4.78 is 0. The van der Waals surface area contributed by atoms with E-state index in [4.69, 9.17) is 0 Å². The first-order valence-corrected chi connectivity index (χ1v) is 11.8. The molecule has 1 aromatic carbocycles. The van der Waals surface area contributed by atoms with Crippen LogP contribution in [0.15, 0.2) is 24.3 Å². The number of carboxylic acid groups (broad SMARTS) is 1. The number of amides is 2. The first-order chi connectivity index (χ1) is 14.9. The molecule has 6 nitrogen and oxygen atoms in total. The van der Waals surface area contributed by atoms with E-state index in [2.05, 4.69) is 10.6 Å². The minimum atomic E-state index is -0.912. The maximum atomic E-state index is 13.1. The number of rotatable bonds is 6. The molecule has 164 valence electrons. The van der Waals surface area contributed by atoms with E-state index in [0.29, 0.717) is 30.0 Å². The molecule has 0 aliphatic heterocycles. The number of nitrogens with one attached hydrogen (secondary N) is 2. The molecule has 0 radical (unpaired) electrons. The summed E-state index contributed by atoms with van der Waals surface area (Å²) in [6.45, 7) is 2.44. The number of carbonyl (C=O) groups is 3. The second kappa shape index (κ2) is 9.22. The third-order valence-corrected chi connectivity index (χ3v) is 7.59. The number of thiophene rings is 1. The Morgan fingerprint density at radius 2 is 1.74 bits per heavy atom. The van der Waals surface area contributed by atoms with Gasteiger partial charge in [-0.3, -0.25) is 14.4 Å². The van der Waals surface area contributed by atoms with E-state index >= 15 is 0 Å². The van der Waals surface area contributed by atoms with Crippen molar-refractivity contribution in [1.82, 2.24) is 5.32 Å². The highest BCUT2D eigenvalue weighted by atomic mass is 32.1. The Balaban J connectivity index is 1.52. The predicted molar refractivity (Wildman–Crippen MR) is 120 cm³/mol. The number of aliphatic carboxylic acids is 1. The number of hydrogen-bond donors (Lipinski definition) is 3. The van der Waals surface area contributed by atoms with Crippen molar-refractivity contribution < 1.29 is 19.5 Å². The van der Waals surface area contributed by atoms with Gasteiger partial charge in [-0.25, -0.2) is 0 Å². The van der Waals surface area contributed by atoms with Gasteiger partial charge in [0.05, 0.1) is 17.4 Å². The number of benzene rings is 1. The molecule has 7 heteroatoms. The minimum absolute atomic E-state index is 0.186. The lowest BCUT2D eigenvalue weighted by molar-refractivity contribution is -0.147. The smallest absolute Gasteiger partial charge is 0.307 e. The molecule has 4 rings (SSSR count). The molecular formula is C24H28N2O4S. The second-order valence-corrected chi connectivity index (χ2v) is 9.66. The van der Waals surface area contributed by atoms with E-state index in [9.17, 15) is 19.5 Å². The summed E-state index contributed by atoms with van der Waals surface area (Å²) in [5.41, 5.74) is 3.77. The number of hydrogen-bond acceptors (Lipinski definition) is 4. The molecule has 1 fully saturated rings. The lowest BCUT2D eigenvalue weighted by atomic mass is 9.79. The van der Waals surface area contributed by atoms with Gasteiger partial charge in [0.1, 0.15) is 5.00 Å². The van der Waals surface area contributed by atoms with Gasteiger partial charge in [-0.1, -0.05) is 42.7 Å². The van der Waals surface area contributed by atoms with Crippen molar-refractivity contribution in [2.75, 3.05) is 5.32 Å². The second-order valence-electron chi connectivity index (χ2n) is 8.55. The van der Waals surface area contributed by atoms with Gasteiger partial charge >= 0.3 is 5.97 Å². The van der Waals surface area contributed by atoms with E-state index < -0.39 is 17.8 Å². The molecule has 2 aliphatic rings. The van der Waals surface area contributed by atoms with Crippen molar-refractivity contribution >= 4 is 34.1 Å². The third-order valence-electron chi connectivity index (χ3n) is 6.38. The average Bonchev–Trinajstić information content (AvgIpc) is 3.34. The highest BCUT2D eigenvalue weighted by Crippen LogP contribution is 2.40. The quantitative estimate of drug-likeness (QED) is 0.624. The molecule has 3 N–H and O–H groups in total. The summed E-state index contributed by atoms with van der Waals surface area (Å²) in [6.07, 6.45) is 5.54. The zero-order chi connectivity index (χ0) is 22.0. The Bertz CT molecular complexity index is 996. The lowest BCUT2D eigenvalue weighted by Crippen LogP contribution is -2.36. The fourth-order valence-electron chi connectivity index (χ4n) is 4.65. The van der Waals surface area contributed by atoms with E-state index in [-0.39, 0.29) is 11.8 Å². The number of fused-ring (bicyclic) bond motifs is 1. The molecule has 1 heterocycles. The van der Waals surface area contributed by atoms with Crippen LogP contribution in [0.2, 0.25) is 0 Å². The Morgan fingerprint density at radius 3 is 2.45 bits per heavy atom. The van der Waals surface area contributed by atoms with Gasteiger partial charge in [-0.2, -0.15) is 0 Å². The summed E-state index contributed by atoms with van der Waals surface area (Å²) in [4.78, 5) is 38.9. The van der Waals surface area contributed by atoms with Crippen LogP contribution in [0.5, 0.6) is 0 Å². The van der Waals surface area contributed by atoms with Gasteiger partial charge in [-0.05, 0) is 50.2 Å². The van der Waals surface area contributed by atoms with Crippen molar-refractivity contribution in [3.8, 4) is 0 Å². The first kappa shape index (κ1) is 21.6. The van der Waals surface area contributed by atoms with Crippen LogP contribution >= 0.6 is 11.3 Å². The maximum Gasteiger partial charge on any atom is 0.307 e. The molecule has 1 aromatic heterocycles. The number of anilines is 1. The Morgan fingerprint density at radius 1 is 1.03 bits per heavy atom. The summed E-state index contributed by atoms with van der Waals surface area (Å²) in [6, 6.07) is 8.01. The molecule has 2 amide bonds. The SMILES string of the molecule is Cc1ccc(CNC(=O)c2c(NC(=O)[C@H]3CCCC[C@@H]3C(=O)O)sc3c2CCC3)cc1. The average molecular weight is 441 g/mol. The van der Waals surface area contributed by atoms with Gasteiger partial charge in [0.25, 0.3) is 5.91 Å². The summed E-state index contributed by atoms with van der Waals surface area (Å²) in [5, 5.41) is 16.0. The molecule has 2 aromatic rings. The van der Waals surface area contributed by atoms with Gasteiger partial charge in [0, 0.05) is 11.4 Å². The summed E-state index contributed by atoms with van der Waals surface area (Å²) in [7, 11) is 0. The van der Waals surface area contributed by atoms with E-state index in [0.717, 1.165) is 53.7 Å². The maximum absolute atomic E-state index is 13.1. The molecule has 1 saturated carbocycles. The fourth-order valence-corrected chi connectivity index (χ4v) is 5.94. The van der Waals surface area contributed by atoms with Gasteiger partial charge in [-0.15, -0.1) is 11.3 Å². The van der Waals surface area contributed by atoms with E-state index in [1.807, 2.05) is 31.2 Å². The zero-order valence-electron chi connectivity index (χ0n) is 17.7. The van der Waals surface area contributed by atoms with Crippen LogP contribution in [0.4, 0.5) is 5.00 Å². The molecular weight excluding hydrogens is 412 g/mol. The Hall–Kier alpha value is -2.67. The number of aryl methyl sites for hydroxylation is 2. The van der Waals surface area contributed by atoms with Crippen LogP contribution in [0.1, 0.15) is 64.0 Å². The van der Waals surface area contributed by atoms with Gasteiger partial charge in [0.2, 0.25) is 5.91 Å². The standard InChI is InChI=1S/C24H28N2O4S/c1-14-9-11-15(12-10-14)13-25-22(28)20-18-7-4-8-19(18)31-23(20)26-21(27)16-5-2-3-6-17(16)24(29)30/h9-12,16-17H,2-8,13H2,1H3,(H,25,28)(H,26,27)(H,29,30)/t16-,17-/m0/s1. The third kappa shape index (κ3) is 4.66. The van der Waals surface area contributed by atoms with Crippen LogP contribution in [-0.2, 0) is 29.0 Å². The lowest BCUT2D eigenvalue weighted by Gasteiger charge is -2.27. The van der Waals surface area contributed by atoms with Crippen molar-refractivity contribution in [1.29, 1.82) is 0 Å². The molecule has 0 unspecified atom stereocenters. The summed E-state index contributed by atoms with van der Waals surface area (Å²) in [5.74, 6) is -2.58. The fraction of sp³-hybridized carbons (Fsp3) is 0.458. The van der Waals surface area contributed by atoms with Crippen LogP contribution in [0.3, 0.4) is 0 Å². The number of carbonyl (C=O) groups excluding carboxylic acids is 2. The van der Waals surface area contributed by atoms with E-state index in [1.165, 1.54) is 11.3 Å². The van der Waals surface area contributed by atoms with Crippen molar-refractivity contribution in [2.24, 2.45) is 11.8 Å².